The average Bonchev–Trinajstić information content (AvgIpc) is 2.83. The van der Waals surface area contributed by atoms with E-state index in [9.17, 15) is 12.8 Å². The van der Waals surface area contributed by atoms with Crippen molar-refractivity contribution in [2.75, 3.05) is 19.7 Å². The second kappa shape index (κ2) is 9.68. The summed E-state index contributed by atoms with van der Waals surface area (Å²) in [5, 5.41) is 0.686. The van der Waals surface area contributed by atoms with Gasteiger partial charge in [-0.25, -0.2) is 17.5 Å². The molecule has 0 atom stereocenters. The van der Waals surface area contributed by atoms with E-state index in [1.807, 2.05) is 24.3 Å². The van der Waals surface area contributed by atoms with Crippen molar-refractivity contribution in [1.82, 2.24) is 9.71 Å². The Kier molecular flexibility index (Phi) is 6.61. The fourth-order valence-corrected chi connectivity index (χ4v) is 5.90. The van der Waals surface area contributed by atoms with E-state index in [-0.39, 0.29) is 29.2 Å². The molecule has 2 aromatic carbocycles. The van der Waals surface area contributed by atoms with Gasteiger partial charge in [-0.15, -0.1) is 0 Å². The highest BCUT2D eigenvalue weighted by atomic mass is 35.5. The normalized spacial score (nSPS) is 16.7. The van der Waals surface area contributed by atoms with Crippen LogP contribution in [-0.2, 0) is 21.9 Å². The maximum absolute atomic E-state index is 14.9. The third-order valence-corrected chi connectivity index (χ3v) is 8.42. The first-order chi connectivity index (χ1) is 16.9. The summed E-state index contributed by atoms with van der Waals surface area (Å²) in [7, 11) is -3.71. The molecule has 2 aliphatic rings. The third-order valence-electron chi connectivity index (χ3n) is 6.72. The quantitative estimate of drug-likeness (QED) is 0.443. The predicted octanol–water partition coefficient (Wildman–Crippen LogP) is 4.70. The minimum atomic E-state index is -3.71. The number of halogens is 2. The van der Waals surface area contributed by atoms with E-state index in [0.717, 1.165) is 41.7 Å². The van der Waals surface area contributed by atoms with E-state index >= 15 is 0 Å². The third kappa shape index (κ3) is 4.70. The van der Waals surface area contributed by atoms with Gasteiger partial charge in [-0.3, -0.25) is 9.98 Å². The van der Waals surface area contributed by atoms with Gasteiger partial charge < -0.3 is 4.74 Å². The molecule has 0 saturated heterocycles. The van der Waals surface area contributed by atoms with E-state index < -0.39 is 15.8 Å². The van der Waals surface area contributed by atoms with Crippen molar-refractivity contribution in [1.29, 1.82) is 0 Å². The number of ether oxygens (including phenoxy) is 1. The number of fused-ring (bicyclic) bond motifs is 1. The Labute approximate surface area is 209 Å². The fraction of sp³-hybridized carbons (Fsp3) is 0.308. The monoisotopic (exact) mass is 513 g/mol. The molecule has 3 aromatic rings. The molecule has 0 bridgehead atoms. The van der Waals surface area contributed by atoms with Gasteiger partial charge in [0.05, 0.1) is 5.71 Å². The molecule has 0 spiro atoms. The number of pyridine rings is 1. The number of hydrogen-bond acceptors (Lipinski definition) is 5. The standard InChI is InChI=1S/C26H25ClFN3O3S/c27-20-6-4-19(5-7-20)26(9-2-10-26)25-22-16-24(23(28)15-18(22)8-12-30-25)34-14-13-31-35(32,33)21-3-1-11-29-17-21/h1,3-7,11,15-17,31H,2,8-10,12-14H2. The summed E-state index contributed by atoms with van der Waals surface area (Å²) in [4.78, 5) is 8.79. The lowest BCUT2D eigenvalue weighted by molar-refractivity contribution is 0.305. The Morgan fingerprint density at radius 2 is 1.94 bits per heavy atom. The summed E-state index contributed by atoms with van der Waals surface area (Å²) < 4.78 is 47.7. The first-order valence-electron chi connectivity index (χ1n) is 11.6. The van der Waals surface area contributed by atoms with Crippen LogP contribution in [-0.4, -0.2) is 38.8 Å². The molecule has 1 aliphatic heterocycles. The number of aliphatic imine (C=N–C) groups is 1. The van der Waals surface area contributed by atoms with Crippen LogP contribution in [0.3, 0.4) is 0 Å². The number of nitrogens with one attached hydrogen (secondary N) is 1. The van der Waals surface area contributed by atoms with E-state index in [4.69, 9.17) is 21.3 Å². The number of aromatic nitrogens is 1. The summed E-state index contributed by atoms with van der Waals surface area (Å²) in [6.07, 6.45) is 6.47. The first-order valence-corrected chi connectivity index (χ1v) is 13.4. The molecule has 1 aromatic heterocycles. The van der Waals surface area contributed by atoms with Gasteiger partial charge in [0.1, 0.15) is 11.5 Å². The van der Waals surface area contributed by atoms with Crippen LogP contribution >= 0.6 is 11.6 Å². The maximum atomic E-state index is 14.9. The minimum Gasteiger partial charge on any atom is -0.489 e. The number of sulfonamides is 1. The Hall–Kier alpha value is -2.81. The summed E-state index contributed by atoms with van der Waals surface area (Å²) in [6, 6.07) is 14.1. The lowest BCUT2D eigenvalue weighted by atomic mass is 9.59. The molecule has 0 amide bonds. The molecule has 182 valence electrons. The van der Waals surface area contributed by atoms with Crippen molar-refractivity contribution in [3.63, 3.8) is 0 Å². The molecule has 0 radical (unpaired) electrons. The highest BCUT2D eigenvalue weighted by Crippen LogP contribution is 2.48. The molecular weight excluding hydrogens is 489 g/mol. The van der Waals surface area contributed by atoms with Gasteiger partial charge in [0.2, 0.25) is 10.0 Å². The van der Waals surface area contributed by atoms with Crippen LogP contribution in [0.25, 0.3) is 0 Å². The number of rotatable bonds is 8. The molecule has 1 fully saturated rings. The molecular formula is C26H25ClFN3O3S. The van der Waals surface area contributed by atoms with Gasteiger partial charge in [0.15, 0.2) is 11.6 Å². The van der Waals surface area contributed by atoms with Crippen molar-refractivity contribution in [2.45, 2.75) is 36.0 Å². The number of nitrogens with zero attached hydrogens (tertiary/aromatic N) is 2. The van der Waals surface area contributed by atoms with Crippen LogP contribution in [0.1, 0.15) is 36.0 Å². The van der Waals surface area contributed by atoms with Gasteiger partial charge in [-0.2, -0.15) is 0 Å². The molecule has 2 heterocycles. The van der Waals surface area contributed by atoms with Crippen LogP contribution in [0, 0.1) is 5.82 Å². The Balaban J connectivity index is 1.35. The largest absolute Gasteiger partial charge is 0.489 e. The van der Waals surface area contributed by atoms with E-state index in [1.54, 1.807) is 12.1 Å². The summed E-state index contributed by atoms with van der Waals surface area (Å²) in [5.74, 6) is -0.376. The maximum Gasteiger partial charge on any atom is 0.242 e. The second-order valence-electron chi connectivity index (χ2n) is 8.80. The van der Waals surface area contributed by atoms with E-state index in [2.05, 4.69) is 9.71 Å². The van der Waals surface area contributed by atoms with Crippen LogP contribution in [0.4, 0.5) is 4.39 Å². The van der Waals surface area contributed by atoms with Crippen molar-refractivity contribution >= 4 is 27.3 Å². The summed E-state index contributed by atoms with van der Waals surface area (Å²) >= 11 is 6.12. The lowest BCUT2D eigenvalue weighted by Crippen LogP contribution is -2.44. The van der Waals surface area contributed by atoms with Crippen molar-refractivity contribution in [2.24, 2.45) is 4.99 Å². The zero-order valence-corrected chi connectivity index (χ0v) is 20.6. The molecule has 0 unspecified atom stereocenters. The van der Waals surface area contributed by atoms with Gasteiger partial charge in [0, 0.05) is 41.5 Å². The molecule has 6 nitrogen and oxygen atoms in total. The van der Waals surface area contributed by atoms with Gasteiger partial charge >= 0.3 is 0 Å². The van der Waals surface area contributed by atoms with Crippen LogP contribution in [0.2, 0.25) is 5.02 Å². The number of hydrogen-bond donors (Lipinski definition) is 1. The van der Waals surface area contributed by atoms with Crippen molar-refractivity contribution < 1.29 is 17.5 Å². The molecule has 5 rings (SSSR count). The van der Waals surface area contributed by atoms with Crippen LogP contribution < -0.4 is 9.46 Å². The zero-order chi connectivity index (χ0) is 24.5. The van der Waals surface area contributed by atoms with Crippen molar-refractivity contribution in [3.05, 3.63) is 88.5 Å². The Bertz CT molecular complexity index is 1360. The lowest BCUT2D eigenvalue weighted by Gasteiger charge is -2.45. The second-order valence-corrected chi connectivity index (χ2v) is 11.0. The highest BCUT2D eigenvalue weighted by molar-refractivity contribution is 7.89. The number of benzene rings is 2. The molecule has 9 heteroatoms. The Morgan fingerprint density at radius 1 is 1.14 bits per heavy atom. The van der Waals surface area contributed by atoms with Gasteiger partial charge in [-0.05, 0) is 66.8 Å². The SMILES string of the molecule is O=S(=O)(NCCOc1cc2c(cc1F)CCN=C2C1(c2ccc(Cl)cc2)CCC1)c1cccnc1. The zero-order valence-electron chi connectivity index (χ0n) is 19.0. The van der Waals surface area contributed by atoms with Crippen molar-refractivity contribution in [3.8, 4) is 5.75 Å². The molecule has 35 heavy (non-hydrogen) atoms. The van der Waals surface area contributed by atoms with Gasteiger partial charge in [-0.1, -0.05) is 30.2 Å². The highest BCUT2D eigenvalue weighted by Gasteiger charge is 2.45. The molecule has 1 saturated carbocycles. The molecule has 1 N–H and O–H groups in total. The smallest absolute Gasteiger partial charge is 0.242 e. The molecule has 1 aliphatic carbocycles. The fourth-order valence-electron chi connectivity index (χ4n) is 4.80. The topological polar surface area (TPSA) is 80.7 Å². The van der Waals surface area contributed by atoms with Crippen LogP contribution in [0.5, 0.6) is 5.75 Å². The summed E-state index contributed by atoms with van der Waals surface area (Å²) in [5.41, 5.74) is 3.73. The Morgan fingerprint density at radius 3 is 2.63 bits per heavy atom. The average molecular weight is 514 g/mol. The first kappa shape index (κ1) is 23.9. The minimum absolute atomic E-state index is 0.0105. The van der Waals surface area contributed by atoms with E-state index in [0.29, 0.717) is 18.0 Å². The van der Waals surface area contributed by atoms with E-state index in [1.165, 1.54) is 24.5 Å². The summed E-state index contributed by atoms with van der Waals surface area (Å²) in [6.45, 7) is 0.584. The van der Waals surface area contributed by atoms with Gasteiger partial charge in [0.25, 0.3) is 0 Å². The predicted molar refractivity (Wildman–Crippen MR) is 133 cm³/mol. The van der Waals surface area contributed by atoms with Crippen LogP contribution in [0.15, 0.2) is 70.8 Å².